The first kappa shape index (κ1) is 11.1. The highest BCUT2D eigenvalue weighted by molar-refractivity contribution is 14.1. The van der Waals surface area contributed by atoms with Gasteiger partial charge in [0.05, 0.1) is 11.9 Å². The van der Waals surface area contributed by atoms with Crippen LogP contribution in [0.3, 0.4) is 0 Å². The van der Waals surface area contributed by atoms with E-state index in [-0.39, 0.29) is 0 Å². The number of nitrogens with two attached hydrogens (primary N) is 1. The Kier molecular flexibility index (Phi) is 2.87. The van der Waals surface area contributed by atoms with Crippen molar-refractivity contribution in [2.24, 2.45) is 0 Å². The zero-order valence-electron chi connectivity index (χ0n) is 9.23. The molecule has 0 bridgehead atoms. The predicted molar refractivity (Wildman–Crippen MR) is 73.5 cm³/mol. The summed E-state index contributed by atoms with van der Waals surface area (Å²) in [5.74, 6) is 0.505. The third kappa shape index (κ3) is 1.97. The highest BCUT2D eigenvalue weighted by Gasteiger charge is 2.19. The Balaban J connectivity index is 2.01. The first-order valence-corrected chi connectivity index (χ1v) is 6.69. The summed E-state index contributed by atoms with van der Waals surface area (Å²) in [7, 11) is 0. The Hall–Kier alpha value is -0.960. The molecule has 2 aromatic rings. The van der Waals surface area contributed by atoms with Gasteiger partial charge in [-0.2, -0.15) is 5.10 Å². The number of nitrogens with one attached hydrogen (secondary N) is 1. The summed E-state index contributed by atoms with van der Waals surface area (Å²) < 4.78 is 2.80. The van der Waals surface area contributed by atoms with Crippen LogP contribution in [-0.2, 0) is 6.54 Å². The molecule has 3 rings (SSSR count). The van der Waals surface area contributed by atoms with Gasteiger partial charge in [0, 0.05) is 6.04 Å². The van der Waals surface area contributed by atoms with Crippen molar-refractivity contribution in [2.75, 3.05) is 12.3 Å². The number of halogens is 1. The molecule has 0 unspecified atom stereocenters. The van der Waals surface area contributed by atoms with E-state index < -0.39 is 0 Å². The van der Waals surface area contributed by atoms with Gasteiger partial charge in [-0.05, 0) is 42.0 Å². The summed E-state index contributed by atoms with van der Waals surface area (Å²) in [6, 6.07) is 0.491. The summed E-state index contributed by atoms with van der Waals surface area (Å²) in [5, 5.41) is 8.82. The lowest BCUT2D eigenvalue weighted by Gasteiger charge is -2.10. The van der Waals surface area contributed by atoms with Gasteiger partial charge in [0.1, 0.15) is 15.8 Å². The smallest absolute Gasteiger partial charge is 0.164 e. The van der Waals surface area contributed by atoms with Crippen molar-refractivity contribution >= 4 is 39.4 Å². The van der Waals surface area contributed by atoms with E-state index in [1.54, 1.807) is 0 Å². The Morgan fingerprint density at radius 2 is 2.41 bits per heavy atom. The number of fused-ring (bicyclic) bond motifs is 1. The van der Waals surface area contributed by atoms with Crippen molar-refractivity contribution < 1.29 is 0 Å². The Bertz CT molecular complexity index is 545. The predicted octanol–water partition coefficient (Wildman–Crippen LogP) is 0.765. The third-order valence-electron chi connectivity index (χ3n) is 3.07. The van der Waals surface area contributed by atoms with Gasteiger partial charge in [-0.15, -0.1) is 0 Å². The van der Waals surface area contributed by atoms with Crippen LogP contribution in [0.2, 0.25) is 0 Å². The van der Waals surface area contributed by atoms with Gasteiger partial charge in [0.25, 0.3) is 0 Å². The van der Waals surface area contributed by atoms with Crippen LogP contribution in [0.1, 0.15) is 12.8 Å². The Morgan fingerprint density at radius 3 is 3.18 bits per heavy atom. The fourth-order valence-corrected chi connectivity index (χ4v) is 3.01. The van der Waals surface area contributed by atoms with E-state index in [4.69, 9.17) is 5.73 Å². The van der Waals surface area contributed by atoms with Gasteiger partial charge in [-0.25, -0.2) is 14.6 Å². The maximum Gasteiger partial charge on any atom is 0.164 e. The molecule has 1 aliphatic heterocycles. The standard InChI is InChI=1S/C10H13IN6/c11-8-7-9(12)14-5-15-10(7)17(16-8)4-6-2-1-3-13-6/h5-6,13H,1-4H2,(H2,12,14,15)/t6-/m1/s1. The lowest BCUT2D eigenvalue weighted by atomic mass is 10.2. The maximum atomic E-state index is 5.85. The largest absolute Gasteiger partial charge is 0.383 e. The molecule has 2 aromatic heterocycles. The van der Waals surface area contributed by atoms with E-state index in [0.29, 0.717) is 11.9 Å². The van der Waals surface area contributed by atoms with Crippen LogP contribution >= 0.6 is 22.6 Å². The molecule has 1 aliphatic rings. The summed E-state index contributed by atoms with van der Waals surface area (Å²) in [5.41, 5.74) is 6.68. The fraction of sp³-hybridized carbons (Fsp3) is 0.500. The summed E-state index contributed by atoms with van der Waals surface area (Å²) in [4.78, 5) is 8.29. The van der Waals surface area contributed by atoms with Gasteiger partial charge < -0.3 is 11.1 Å². The average molecular weight is 344 g/mol. The van der Waals surface area contributed by atoms with Crippen LogP contribution in [-0.4, -0.2) is 32.3 Å². The highest BCUT2D eigenvalue weighted by Crippen LogP contribution is 2.23. The van der Waals surface area contributed by atoms with E-state index >= 15 is 0 Å². The number of hydrogen-bond donors (Lipinski definition) is 2. The van der Waals surface area contributed by atoms with Crippen LogP contribution in [0, 0.1) is 3.70 Å². The minimum Gasteiger partial charge on any atom is -0.383 e. The zero-order valence-corrected chi connectivity index (χ0v) is 11.4. The normalized spacial score (nSPS) is 20.2. The molecule has 0 aromatic carbocycles. The molecule has 0 radical (unpaired) electrons. The molecular weight excluding hydrogens is 331 g/mol. The zero-order chi connectivity index (χ0) is 11.8. The van der Waals surface area contributed by atoms with Crippen LogP contribution in [0.25, 0.3) is 11.0 Å². The van der Waals surface area contributed by atoms with Crippen LogP contribution in [0.4, 0.5) is 5.82 Å². The molecule has 17 heavy (non-hydrogen) atoms. The molecule has 3 heterocycles. The summed E-state index contributed by atoms with van der Waals surface area (Å²) >= 11 is 2.18. The summed E-state index contributed by atoms with van der Waals surface area (Å²) in [6.45, 7) is 1.94. The second-order valence-electron chi connectivity index (χ2n) is 4.22. The maximum absolute atomic E-state index is 5.85. The topological polar surface area (TPSA) is 81.7 Å². The van der Waals surface area contributed by atoms with Crippen LogP contribution in [0.5, 0.6) is 0 Å². The van der Waals surface area contributed by atoms with E-state index in [9.17, 15) is 0 Å². The van der Waals surface area contributed by atoms with Crippen molar-refractivity contribution in [2.45, 2.75) is 25.4 Å². The minimum absolute atomic E-state index is 0.491. The molecule has 0 amide bonds. The van der Waals surface area contributed by atoms with Crippen molar-refractivity contribution in [3.05, 3.63) is 10.0 Å². The third-order valence-corrected chi connectivity index (χ3v) is 3.83. The van der Waals surface area contributed by atoms with Gasteiger partial charge in [0.15, 0.2) is 5.65 Å². The SMILES string of the molecule is Nc1ncnc2c1c(I)nn2C[C@H]1CCCN1. The number of anilines is 1. The molecule has 0 aliphatic carbocycles. The fourth-order valence-electron chi connectivity index (χ4n) is 2.23. The number of hydrogen-bond acceptors (Lipinski definition) is 5. The average Bonchev–Trinajstić information content (AvgIpc) is 2.90. The molecule has 1 fully saturated rings. The number of nitrogens with zero attached hydrogens (tertiary/aromatic N) is 4. The molecule has 1 atom stereocenters. The van der Waals surface area contributed by atoms with Gasteiger partial charge in [-0.3, -0.25) is 0 Å². The molecule has 1 saturated heterocycles. The molecule has 0 spiro atoms. The molecule has 6 nitrogen and oxygen atoms in total. The van der Waals surface area contributed by atoms with E-state index in [1.165, 1.54) is 19.2 Å². The van der Waals surface area contributed by atoms with Gasteiger partial charge >= 0.3 is 0 Å². The Labute approximate surface area is 112 Å². The lowest BCUT2D eigenvalue weighted by molar-refractivity contribution is 0.482. The molecule has 3 N–H and O–H groups in total. The first-order valence-electron chi connectivity index (χ1n) is 5.61. The number of rotatable bonds is 2. The second kappa shape index (κ2) is 4.37. The minimum atomic E-state index is 0.491. The van der Waals surface area contributed by atoms with Crippen molar-refractivity contribution in [3.63, 3.8) is 0 Å². The number of nitrogen functional groups attached to an aromatic ring is 1. The molecule has 0 saturated carbocycles. The monoisotopic (exact) mass is 344 g/mol. The molecule has 90 valence electrons. The van der Waals surface area contributed by atoms with E-state index in [2.05, 4.69) is 43.0 Å². The van der Waals surface area contributed by atoms with Crippen molar-refractivity contribution in [3.8, 4) is 0 Å². The first-order chi connectivity index (χ1) is 8.25. The second-order valence-corrected chi connectivity index (χ2v) is 5.25. The van der Waals surface area contributed by atoms with Crippen molar-refractivity contribution in [1.29, 1.82) is 0 Å². The van der Waals surface area contributed by atoms with Crippen LogP contribution in [0.15, 0.2) is 6.33 Å². The molecular formula is C10H13IN6. The lowest BCUT2D eigenvalue weighted by Crippen LogP contribution is -2.27. The summed E-state index contributed by atoms with van der Waals surface area (Å²) in [6.07, 6.45) is 3.92. The van der Waals surface area contributed by atoms with Crippen LogP contribution < -0.4 is 11.1 Å². The molecule has 7 heteroatoms. The van der Waals surface area contributed by atoms with E-state index in [0.717, 1.165) is 27.8 Å². The Morgan fingerprint density at radius 1 is 1.53 bits per heavy atom. The van der Waals surface area contributed by atoms with E-state index in [1.807, 2.05) is 4.68 Å². The van der Waals surface area contributed by atoms with Crippen molar-refractivity contribution in [1.82, 2.24) is 25.1 Å². The quantitative estimate of drug-likeness (QED) is 0.787. The van der Waals surface area contributed by atoms with Gasteiger partial charge in [-0.1, -0.05) is 0 Å². The highest BCUT2D eigenvalue weighted by atomic mass is 127. The number of aromatic nitrogens is 4. The van der Waals surface area contributed by atoms with Gasteiger partial charge in [0.2, 0.25) is 0 Å².